The number of pyridine rings is 1. The van der Waals surface area contributed by atoms with E-state index in [0.717, 1.165) is 18.7 Å². The molecule has 0 radical (unpaired) electrons. The van der Waals surface area contributed by atoms with Crippen molar-refractivity contribution in [3.63, 3.8) is 0 Å². The number of anilines is 1. The van der Waals surface area contributed by atoms with Crippen molar-refractivity contribution in [3.8, 4) is 0 Å². The molecule has 1 aliphatic heterocycles. The summed E-state index contributed by atoms with van der Waals surface area (Å²) < 4.78 is 15.0. The zero-order chi connectivity index (χ0) is 19.0. The molecule has 2 heterocycles. The van der Waals surface area contributed by atoms with Crippen LogP contribution in [0.3, 0.4) is 0 Å². The molecule has 1 aliphatic carbocycles. The Bertz CT molecular complexity index is 837. The molecule has 27 heavy (non-hydrogen) atoms. The normalized spacial score (nSPS) is 20.6. The minimum absolute atomic E-state index is 0.0154. The zero-order valence-corrected chi connectivity index (χ0v) is 17.6. The first kappa shape index (κ1) is 18.9. The highest BCUT2D eigenvalue weighted by molar-refractivity contribution is 14.1. The lowest BCUT2D eigenvalue weighted by molar-refractivity contribution is 0.0540. The Morgan fingerprint density at radius 3 is 2.81 bits per heavy atom. The third kappa shape index (κ3) is 4.06. The van der Waals surface area contributed by atoms with E-state index in [1.165, 1.54) is 18.9 Å². The van der Waals surface area contributed by atoms with Crippen molar-refractivity contribution in [3.05, 3.63) is 56.5 Å². The largest absolute Gasteiger partial charge is 0.368 e. The summed E-state index contributed by atoms with van der Waals surface area (Å²) in [5.41, 5.74) is 0.554. The Balaban J connectivity index is 1.54. The van der Waals surface area contributed by atoms with Gasteiger partial charge >= 0.3 is 0 Å². The van der Waals surface area contributed by atoms with Gasteiger partial charge in [0.2, 0.25) is 0 Å². The van der Waals surface area contributed by atoms with Gasteiger partial charge in [-0.05, 0) is 78.0 Å². The maximum atomic E-state index is 14.3. The molecule has 7 heteroatoms. The fourth-order valence-electron chi connectivity index (χ4n) is 3.88. The highest BCUT2D eigenvalue weighted by Gasteiger charge is 2.49. The molecule has 1 saturated heterocycles. The number of rotatable bonds is 4. The molecule has 4 nitrogen and oxygen atoms in total. The van der Waals surface area contributed by atoms with Crippen LogP contribution in [0.1, 0.15) is 36.0 Å². The van der Waals surface area contributed by atoms with Crippen molar-refractivity contribution in [2.24, 2.45) is 5.41 Å². The molecule has 1 spiro atoms. The smallest absolute Gasteiger partial charge is 0.258 e. The lowest BCUT2D eigenvalue weighted by Crippen LogP contribution is -2.50. The van der Waals surface area contributed by atoms with E-state index in [4.69, 9.17) is 11.6 Å². The quantitative estimate of drug-likeness (QED) is 0.604. The highest BCUT2D eigenvalue weighted by Crippen LogP contribution is 2.55. The number of aromatic nitrogens is 1. The number of carbonyl (C=O) groups excluding carboxylic acids is 1. The molecule has 2 aromatic rings. The van der Waals surface area contributed by atoms with Crippen molar-refractivity contribution in [1.82, 2.24) is 9.88 Å². The lowest BCUT2D eigenvalue weighted by atomic mass is 9.87. The molecular weight excluding hydrogens is 480 g/mol. The van der Waals surface area contributed by atoms with E-state index in [2.05, 4.69) is 10.3 Å². The van der Waals surface area contributed by atoms with Crippen molar-refractivity contribution in [1.29, 1.82) is 0 Å². The predicted octanol–water partition coefficient (Wildman–Crippen LogP) is 4.98. The number of carbonyl (C=O) groups is 1. The van der Waals surface area contributed by atoms with Gasteiger partial charge in [-0.15, -0.1) is 0 Å². The fourth-order valence-corrected chi connectivity index (χ4v) is 4.69. The van der Waals surface area contributed by atoms with Crippen LogP contribution in [0.25, 0.3) is 0 Å². The molecule has 2 fully saturated rings. The number of nitrogens with one attached hydrogen (secondary N) is 1. The monoisotopic (exact) mass is 499 g/mol. The Morgan fingerprint density at radius 2 is 2.15 bits per heavy atom. The van der Waals surface area contributed by atoms with E-state index in [9.17, 15) is 9.18 Å². The predicted molar refractivity (Wildman–Crippen MR) is 113 cm³/mol. The summed E-state index contributed by atoms with van der Waals surface area (Å²) in [7, 11) is 0. The van der Waals surface area contributed by atoms with Gasteiger partial charge in [0.05, 0.1) is 10.6 Å². The summed E-state index contributed by atoms with van der Waals surface area (Å²) in [6.45, 7) is 1.26. The van der Waals surface area contributed by atoms with Gasteiger partial charge in [-0.2, -0.15) is 0 Å². The summed E-state index contributed by atoms with van der Waals surface area (Å²) in [5.74, 6) is 0.0521. The van der Waals surface area contributed by atoms with Crippen LogP contribution in [0.4, 0.5) is 10.2 Å². The molecule has 1 saturated carbocycles. The number of nitrogens with zero attached hydrogens (tertiary/aromatic N) is 2. The molecule has 1 unspecified atom stereocenters. The zero-order valence-electron chi connectivity index (χ0n) is 14.7. The third-order valence-corrected chi connectivity index (χ3v) is 6.76. The minimum Gasteiger partial charge on any atom is -0.368 e. The molecular formula is C20H20ClFIN3O. The van der Waals surface area contributed by atoms with Gasteiger partial charge in [-0.3, -0.25) is 4.79 Å². The molecule has 1 atom stereocenters. The van der Waals surface area contributed by atoms with Gasteiger partial charge in [0.1, 0.15) is 11.6 Å². The van der Waals surface area contributed by atoms with Crippen LogP contribution in [-0.2, 0) is 0 Å². The van der Waals surface area contributed by atoms with Crippen LogP contribution in [0, 0.1) is 14.8 Å². The van der Waals surface area contributed by atoms with Gasteiger partial charge < -0.3 is 10.2 Å². The first-order valence-electron chi connectivity index (χ1n) is 9.08. The van der Waals surface area contributed by atoms with E-state index >= 15 is 0 Å². The summed E-state index contributed by atoms with van der Waals surface area (Å²) in [6, 6.07) is 8.38. The standard InChI is InChI=1S/C20H20ClFIN3O/c21-13-4-5-17(24-11-13)25-12-14-10-20(6-7-20)8-9-26(14)19(27)18-15(22)2-1-3-16(18)23/h1-5,11,14H,6-10,12H2,(H,24,25). The second kappa shape index (κ2) is 7.54. The molecule has 1 aromatic heterocycles. The number of benzene rings is 1. The first-order chi connectivity index (χ1) is 13.0. The minimum atomic E-state index is -0.454. The number of halogens is 3. The second-order valence-corrected chi connectivity index (χ2v) is 9.04. The van der Waals surface area contributed by atoms with E-state index in [0.29, 0.717) is 27.1 Å². The van der Waals surface area contributed by atoms with Crippen LogP contribution in [0.15, 0.2) is 36.5 Å². The summed E-state index contributed by atoms with van der Waals surface area (Å²) in [4.78, 5) is 19.3. The molecule has 4 rings (SSSR count). The van der Waals surface area contributed by atoms with Crippen molar-refractivity contribution >= 4 is 45.9 Å². The summed E-state index contributed by atoms with van der Waals surface area (Å²) in [5, 5.41) is 3.90. The van der Waals surface area contributed by atoms with Gasteiger partial charge in [0, 0.05) is 28.9 Å². The Hall–Kier alpha value is -1.41. The van der Waals surface area contributed by atoms with Crippen molar-refractivity contribution in [2.45, 2.75) is 31.7 Å². The third-order valence-electron chi connectivity index (χ3n) is 5.63. The van der Waals surface area contributed by atoms with E-state index < -0.39 is 5.82 Å². The molecule has 1 aromatic carbocycles. The SMILES string of the molecule is O=C(c1c(F)cccc1I)N1CCC2(CC2)CC1CNc1ccc(Cl)cn1. The van der Waals surface area contributed by atoms with Gasteiger partial charge in [-0.25, -0.2) is 9.37 Å². The van der Waals surface area contributed by atoms with Crippen molar-refractivity contribution < 1.29 is 9.18 Å². The van der Waals surface area contributed by atoms with Crippen LogP contribution < -0.4 is 5.32 Å². The maximum Gasteiger partial charge on any atom is 0.258 e. The van der Waals surface area contributed by atoms with E-state index in [1.54, 1.807) is 24.4 Å². The van der Waals surface area contributed by atoms with Crippen LogP contribution in [0.2, 0.25) is 5.02 Å². The molecule has 1 amide bonds. The summed E-state index contributed by atoms with van der Waals surface area (Å²) >= 11 is 7.92. The number of hydrogen-bond donors (Lipinski definition) is 1. The van der Waals surface area contributed by atoms with E-state index in [-0.39, 0.29) is 17.5 Å². The fraction of sp³-hybridized carbons (Fsp3) is 0.400. The van der Waals surface area contributed by atoms with Crippen LogP contribution >= 0.6 is 34.2 Å². The van der Waals surface area contributed by atoms with Gasteiger partial charge in [0.25, 0.3) is 5.91 Å². The Kier molecular flexibility index (Phi) is 5.29. The topological polar surface area (TPSA) is 45.2 Å². The number of hydrogen-bond acceptors (Lipinski definition) is 3. The van der Waals surface area contributed by atoms with E-state index in [1.807, 2.05) is 33.6 Å². The number of amides is 1. The first-order valence-corrected chi connectivity index (χ1v) is 10.5. The average Bonchev–Trinajstić information content (AvgIpc) is 3.40. The van der Waals surface area contributed by atoms with Crippen LogP contribution in [-0.4, -0.2) is 34.9 Å². The molecule has 2 aliphatic rings. The maximum absolute atomic E-state index is 14.3. The average molecular weight is 500 g/mol. The molecule has 1 N–H and O–H groups in total. The number of piperidine rings is 1. The lowest BCUT2D eigenvalue weighted by Gasteiger charge is -2.40. The Morgan fingerprint density at radius 1 is 1.33 bits per heavy atom. The Labute approximate surface area is 176 Å². The van der Waals surface area contributed by atoms with Crippen molar-refractivity contribution in [2.75, 3.05) is 18.4 Å². The van der Waals surface area contributed by atoms with Gasteiger partial charge in [0.15, 0.2) is 0 Å². The van der Waals surface area contributed by atoms with Crippen LogP contribution in [0.5, 0.6) is 0 Å². The molecule has 0 bridgehead atoms. The summed E-state index contributed by atoms with van der Waals surface area (Å²) in [6.07, 6.45) is 5.99. The molecule has 142 valence electrons. The highest BCUT2D eigenvalue weighted by atomic mass is 127. The number of likely N-dealkylation sites (tertiary alicyclic amines) is 1. The van der Waals surface area contributed by atoms with Gasteiger partial charge in [-0.1, -0.05) is 17.7 Å². The second-order valence-electron chi connectivity index (χ2n) is 7.45.